The third-order valence-corrected chi connectivity index (χ3v) is 5.13. The first-order valence-electron chi connectivity index (χ1n) is 5.31. The third kappa shape index (κ3) is 2.77. The molecule has 0 saturated heterocycles. The van der Waals surface area contributed by atoms with Crippen LogP contribution < -0.4 is 5.73 Å². The summed E-state index contributed by atoms with van der Waals surface area (Å²) < 4.78 is 61.2. The first kappa shape index (κ1) is 14.8. The lowest BCUT2D eigenvalue weighted by molar-refractivity contribution is -0.137. The zero-order chi connectivity index (χ0) is 14.1. The molecule has 0 aromatic heterocycles. The number of nitrogen functional groups attached to an aromatic ring is 1. The van der Waals surface area contributed by atoms with E-state index in [1.54, 1.807) is 6.92 Å². The van der Waals surface area contributed by atoms with Gasteiger partial charge in [0.15, 0.2) is 9.84 Å². The van der Waals surface area contributed by atoms with E-state index in [0.29, 0.717) is 12.5 Å². The molecular formula is C11H14F3NO2S. The molecule has 0 fully saturated rings. The summed E-state index contributed by atoms with van der Waals surface area (Å²) in [5.74, 6) is 0. The van der Waals surface area contributed by atoms with Gasteiger partial charge >= 0.3 is 6.18 Å². The van der Waals surface area contributed by atoms with Crippen molar-refractivity contribution in [3.05, 3.63) is 23.8 Å². The van der Waals surface area contributed by atoms with Crippen molar-refractivity contribution in [1.29, 1.82) is 0 Å². The standard InChI is InChI=1S/C11H14F3NO2S/c1-3-7(2)18(16,17)10-5-4-8(6-9(10)15)11(12,13)14/h4-7H,3,15H2,1-2H3. The Morgan fingerprint density at radius 1 is 1.33 bits per heavy atom. The Kier molecular flexibility index (Phi) is 3.95. The monoisotopic (exact) mass is 281 g/mol. The Balaban J connectivity index is 3.31. The Bertz CT molecular complexity index is 538. The van der Waals surface area contributed by atoms with E-state index in [0.717, 1.165) is 12.1 Å². The number of anilines is 1. The number of rotatable bonds is 3. The van der Waals surface area contributed by atoms with Gasteiger partial charge in [-0.1, -0.05) is 6.92 Å². The molecule has 0 aliphatic heterocycles. The predicted octanol–water partition coefficient (Wildman–Crippen LogP) is 2.86. The van der Waals surface area contributed by atoms with E-state index < -0.39 is 26.8 Å². The summed E-state index contributed by atoms with van der Waals surface area (Å²) >= 11 is 0. The Hall–Kier alpha value is -1.24. The van der Waals surface area contributed by atoms with Gasteiger partial charge in [0, 0.05) is 0 Å². The number of hydrogen-bond donors (Lipinski definition) is 1. The second-order valence-corrected chi connectivity index (χ2v) is 6.35. The second kappa shape index (κ2) is 4.79. The van der Waals surface area contributed by atoms with Crippen LogP contribution in [-0.2, 0) is 16.0 Å². The van der Waals surface area contributed by atoms with E-state index in [-0.39, 0.29) is 10.6 Å². The molecule has 18 heavy (non-hydrogen) atoms. The lowest BCUT2D eigenvalue weighted by Gasteiger charge is -2.14. The normalized spacial score (nSPS) is 14.5. The summed E-state index contributed by atoms with van der Waals surface area (Å²) in [6.07, 6.45) is -4.17. The molecule has 0 amide bonds. The summed E-state index contributed by atoms with van der Waals surface area (Å²) in [6, 6.07) is 2.29. The smallest absolute Gasteiger partial charge is 0.398 e. The van der Waals surface area contributed by atoms with Gasteiger partial charge < -0.3 is 5.73 Å². The predicted molar refractivity (Wildman–Crippen MR) is 62.8 cm³/mol. The fourth-order valence-corrected chi connectivity index (χ4v) is 2.94. The van der Waals surface area contributed by atoms with Crippen LogP contribution in [0.3, 0.4) is 0 Å². The molecule has 0 bridgehead atoms. The van der Waals surface area contributed by atoms with E-state index in [9.17, 15) is 21.6 Å². The molecule has 1 aromatic carbocycles. The molecule has 0 saturated carbocycles. The van der Waals surface area contributed by atoms with Crippen molar-refractivity contribution in [1.82, 2.24) is 0 Å². The van der Waals surface area contributed by atoms with Gasteiger partial charge in [-0.05, 0) is 31.5 Å². The number of halogens is 3. The largest absolute Gasteiger partial charge is 0.416 e. The van der Waals surface area contributed by atoms with Crippen molar-refractivity contribution in [3.63, 3.8) is 0 Å². The maximum Gasteiger partial charge on any atom is 0.416 e. The fraction of sp³-hybridized carbons (Fsp3) is 0.455. The van der Waals surface area contributed by atoms with Gasteiger partial charge in [0.1, 0.15) is 0 Å². The van der Waals surface area contributed by atoms with Gasteiger partial charge in [0.05, 0.1) is 21.4 Å². The number of sulfone groups is 1. The van der Waals surface area contributed by atoms with Gasteiger partial charge in [0.25, 0.3) is 0 Å². The van der Waals surface area contributed by atoms with Gasteiger partial charge in [-0.15, -0.1) is 0 Å². The lowest BCUT2D eigenvalue weighted by Crippen LogP contribution is -2.19. The van der Waals surface area contributed by atoms with Crippen molar-refractivity contribution < 1.29 is 21.6 Å². The molecule has 0 radical (unpaired) electrons. The first-order chi connectivity index (χ1) is 8.10. The van der Waals surface area contributed by atoms with E-state index in [1.807, 2.05) is 0 Å². The Morgan fingerprint density at radius 3 is 2.28 bits per heavy atom. The minimum Gasteiger partial charge on any atom is -0.398 e. The van der Waals surface area contributed by atoms with Gasteiger partial charge in [-0.2, -0.15) is 13.2 Å². The summed E-state index contributed by atoms with van der Waals surface area (Å²) in [6.45, 7) is 3.18. The van der Waals surface area contributed by atoms with Crippen molar-refractivity contribution >= 4 is 15.5 Å². The maximum atomic E-state index is 12.4. The van der Waals surface area contributed by atoms with Crippen LogP contribution in [0.25, 0.3) is 0 Å². The van der Waals surface area contributed by atoms with Crippen LogP contribution in [0.15, 0.2) is 23.1 Å². The van der Waals surface area contributed by atoms with Crippen LogP contribution >= 0.6 is 0 Å². The zero-order valence-electron chi connectivity index (χ0n) is 9.95. The van der Waals surface area contributed by atoms with Crippen molar-refractivity contribution in [3.8, 4) is 0 Å². The van der Waals surface area contributed by atoms with Crippen LogP contribution in [0.5, 0.6) is 0 Å². The molecule has 0 aliphatic rings. The molecule has 2 N–H and O–H groups in total. The first-order valence-corrected chi connectivity index (χ1v) is 6.86. The summed E-state index contributed by atoms with van der Waals surface area (Å²) in [5.41, 5.74) is 4.09. The number of benzene rings is 1. The van der Waals surface area contributed by atoms with E-state index in [2.05, 4.69) is 0 Å². The molecule has 7 heteroatoms. The molecular weight excluding hydrogens is 267 g/mol. The molecule has 1 aromatic rings. The third-order valence-electron chi connectivity index (χ3n) is 2.75. The van der Waals surface area contributed by atoms with Crippen molar-refractivity contribution in [2.24, 2.45) is 0 Å². The summed E-state index contributed by atoms with van der Waals surface area (Å²) in [7, 11) is -3.67. The van der Waals surface area contributed by atoms with Crippen LogP contribution in [-0.4, -0.2) is 13.7 Å². The van der Waals surface area contributed by atoms with E-state index >= 15 is 0 Å². The average molecular weight is 281 g/mol. The highest BCUT2D eigenvalue weighted by atomic mass is 32.2. The quantitative estimate of drug-likeness (QED) is 0.867. The lowest BCUT2D eigenvalue weighted by atomic mass is 10.2. The topological polar surface area (TPSA) is 60.2 Å². The minimum absolute atomic E-state index is 0.246. The summed E-state index contributed by atoms with van der Waals surface area (Å²) in [4.78, 5) is -0.246. The summed E-state index contributed by atoms with van der Waals surface area (Å²) in [5, 5.41) is -0.684. The number of alkyl halides is 3. The van der Waals surface area contributed by atoms with Crippen LogP contribution in [0, 0.1) is 0 Å². The highest BCUT2D eigenvalue weighted by molar-refractivity contribution is 7.92. The Morgan fingerprint density at radius 2 is 1.89 bits per heavy atom. The SMILES string of the molecule is CCC(C)S(=O)(=O)c1ccc(C(F)(F)F)cc1N. The van der Waals surface area contributed by atoms with E-state index in [4.69, 9.17) is 5.73 Å². The van der Waals surface area contributed by atoms with Crippen LogP contribution in [0.4, 0.5) is 18.9 Å². The molecule has 3 nitrogen and oxygen atoms in total. The minimum atomic E-state index is -4.53. The molecule has 1 atom stereocenters. The van der Waals surface area contributed by atoms with E-state index in [1.165, 1.54) is 6.92 Å². The van der Waals surface area contributed by atoms with Gasteiger partial charge in [0.2, 0.25) is 0 Å². The van der Waals surface area contributed by atoms with Crippen LogP contribution in [0.2, 0.25) is 0 Å². The highest BCUT2D eigenvalue weighted by Crippen LogP contribution is 2.33. The van der Waals surface area contributed by atoms with Crippen molar-refractivity contribution in [2.75, 3.05) is 5.73 Å². The van der Waals surface area contributed by atoms with Gasteiger partial charge in [-0.3, -0.25) is 0 Å². The average Bonchev–Trinajstić information content (AvgIpc) is 2.26. The molecule has 102 valence electrons. The Labute approximate surface area is 104 Å². The highest BCUT2D eigenvalue weighted by Gasteiger charge is 2.32. The second-order valence-electron chi connectivity index (χ2n) is 4.01. The van der Waals surface area contributed by atoms with Crippen LogP contribution in [0.1, 0.15) is 25.8 Å². The molecule has 1 unspecified atom stereocenters. The zero-order valence-corrected chi connectivity index (χ0v) is 10.8. The fourth-order valence-electron chi connectivity index (χ4n) is 1.42. The molecule has 0 aliphatic carbocycles. The molecule has 1 rings (SSSR count). The molecule has 0 spiro atoms. The van der Waals surface area contributed by atoms with Crippen molar-refractivity contribution in [2.45, 2.75) is 36.6 Å². The number of nitrogens with two attached hydrogens (primary N) is 1. The van der Waals surface area contributed by atoms with Gasteiger partial charge in [-0.25, -0.2) is 8.42 Å². The maximum absolute atomic E-state index is 12.4. The number of hydrogen-bond acceptors (Lipinski definition) is 3. The molecule has 0 heterocycles.